The summed E-state index contributed by atoms with van der Waals surface area (Å²) < 4.78 is 14.0. The summed E-state index contributed by atoms with van der Waals surface area (Å²) in [5.74, 6) is -0.337. The fraction of sp³-hybridized carbons (Fsp3) is 0. The molecular weight excluding hydrogens is 303 g/mol. The first kappa shape index (κ1) is 10.9. The van der Waals surface area contributed by atoms with Crippen LogP contribution < -0.4 is 5.32 Å². The Morgan fingerprint density at radius 2 is 2.27 bits per heavy atom. The number of halogens is 3. The lowest BCUT2D eigenvalue weighted by atomic mass is 10.3. The highest BCUT2D eigenvalue weighted by Crippen LogP contribution is 2.30. The van der Waals surface area contributed by atoms with Crippen molar-refractivity contribution in [3.8, 4) is 0 Å². The summed E-state index contributed by atoms with van der Waals surface area (Å²) in [4.78, 5) is 3.97. The zero-order valence-electron chi connectivity index (χ0n) is 7.30. The molecular formula is C9H5BrClFN2S. The molecule has 1 aromatic carbocycles. The molecule has 0 aliphatic heterocycles. The second-order valence-corrected chi connectivity index (χ2v) is 4.80. The predicted molar refractivity (Wildman–Crippen MR) is 64.5 cm³/mol. The van der Waals surface area contributed by atoms with Crippen LogP contribution in [-0.2, 0) is 0 Å². The molecule has 2 rings (SSSR count). The van der Waals surface area contributed by atoms with Crippen molar-refractivity contribution in [3.05, 3.63) is 39.0 Å². The first-order valence-electron chi connectivity index (χ1n) is 3.99. The maximum atomic E-state index is 13.4. The Morgan fingerprint density at radius 3 is 2.87 bits per heavy atom. The van der Waals surface area contributed by atoms with Crippen molar-refractivity contribution in [1.82, 2.24) is 4.98 Å². The highest BCUT2D eigenvalue weighted by atomic mass is 79.9. The highest BCUT2D eigenvalue weighted by molar-refractivity contribution is 9.10. The van der Waals surface area contributed by atoms with Crippen molar-refractivity contribution >= 4 is 49.7 Å². The molecule has 0 bridgehead atoms. The molecule has 0 aliphatic rings. The lowest BCUT2D eigenvalue weighted by Gasteiger charge is -2.05. The molecule has 1 heterocycles. The van der Waals surface area contributed by atoms with E-state index >= 15 is 0 Å². The Balaban J connectivity index is 2.31. The van der Waals surface area contributed by atoms with Gasteiger partial charge in [0.2, 0.25) is 0 Å². The second-order valence-electron chi connectivity index (χ2n) is 2.70. The molecule has 0 aliphatic carbocycles. The van der Waals surface area contributed by atoms with Crippen molar-refractivity contribution in [2.45, 2.75) is 0 Å². The Morgan fingerprint density at radius 1 is 1.47 bits per heavy atom. The molecule has 2 nitrogen and oxygen atoms in total. The number of hydrogen-bond acceptors (Lipinski definition) is 3. The van der Waals surface area contributed by atoms with E-state index < -0.39 is 0 Å². The number of aromatic nitrogens is 1. The minimum atomic E-state index is -0.337. The van der Waals surface area contributed by atoms with Gasteiger partial charge in [0.05, 0.1) is 5.69 Å². The number of rotatable bonds is 2. The first-order chi connectivity index (χ1) is 7.16. The monoisotopic (exact) mass is 306 g/mol. The Kier molecular flexibility index (Phi) is 3.23. The Labute approximate surface area is 103 Å². The number of benzene rings is 1. The lowest BCUT2D eigenvalue weighted by molar-refractivity contribution is 0.631. The van der Waals surface area contributed by atoms with Gasteiger partial charge in [0.15, 0.2) is 5.13 Å². The molecule has 15 heavy (non-hydrogen) atoms. The zero-order chi connectivity index (χ0) is 10.8. The fourth-order valence-electron chi connectivity index (χ4n) is 1.04. The molecule has 6 heteroatoms. The van der Waals surface area contributed by atoms with E-state index in [2.05, 4.69) is 26.2 Å². The van der Waals surface area contributed by atoms with E-state index in [-0.39, 0.29) is 5.82 Å². The summed E-state index contributed by atoms with van der Waals surface area (Å²) in [7, 11) is 0. The number of nitrogens with zero attached hydrogens (tertiary/aromatic N) is 1. The highest BCUT2D eigenvalue weighted by Gasteiger charge is 2.08. The van der Waals surface area contributed by atoms with Crippen LogP contribution in [0.2, 0.25) is 5.15 Å². The van der Waals surface area contributed by atoms with Gasteiger partial charge in [-0.3, -0.25) is 0 Å². The maximum Gasteiger partial charge on any atom is 0.188 e. The van der Waals surface area contributed by atoms with Crippen molar-refractivity contribution in [3.63, 3.8) is 0 Å². The summed E-state index contributed by atoms with van der Waals surface area (Å²) in [5.41, 5.74) is 0.364. The third kappa shape index (κ3) is 2.48. The molecule has 2 aromatic rings. The number of hydrogen-bond donors (Lipinski definition) is 1. The van der Waals surface area contributed by atoms with E-state index in [0.29, 0.717) is 20.4 Å². The number of anilines is 2. The predicted octanol–water partition coefficient (Wildman–Crippen LogP) is 4.44. The van der Waals surface area contributed by atoms with Gasteiger partial charge in [0.25, 0.3) is 0 Å². The van der Waals surface area contributed by atoms with Gasteiger partial charge in [-0.05, 0) is 28.1 Å². The lowest BCUT2D eigenvalue weighted by Crippen LogP contribution is -1.94. The van der Waals surface area contributed by atoms with Crippen LogP contribution >= 0.6 is 38.9 Å². The van der Waals surface area contributed by atoms with Gasteiger partial charge in [0, 0.05) is 9.85 Å². The zero-order valence-corrected chi connectivity index (χ0v) is 10.5. The van der Waals surface area contributed by atoms with Gasteiger partial charge < -0.3 is 5.32 Å². The molecule has 0 fully saturated rings. The largest absolute Gasteiger partial charge is 0.328 e. The first-order valence-corrected chi connectivity index (χ1v) is 6.04. The fourth-order valence-corrected chi connectivity index (χ4v) is 2.32. The van der Waals surface area contributed by atoms with Gasteiger partial charge >= 0.3 is 0 Å². The number of para-hydroxylation sites is 1. The van der Waals surface area contributed by atoms with Crippen LogP contribution in [0.5, 0.6) is 0 Å². The van der Waals surface area contributed by atoms with Gasteiger partial charge in [-0.1, -0.05) is 17.7 Å². The molecule has 0 unspecified atom stereocenters. The Bertz CT molecular complexity index is 468. The minimum absolute atomic E-state index is 0.337. The van der Waals surface area contributed by atoms with Crippen LogP contribution in [0.3, 0.4) is 0 Å². The molecule has 78 valence electrons. The minimum Gasteiger partial charge on any atom is -0.328 e. The summed E-state index contributed by atoms with van der Waals surface area (Å²) >= 11 is 10.2. The van der Waals surface area contributed by atoms with Crippen molar-refractivity contribution in [2.75, 3.05) is 5.32 Å². The van der Waals surface area contributed by atoms with E-state index in [1.54, 1.807) is 17.5 Å². The van der Waals surface area contributed by atoms with Crippen molar-refractivity contribution < 1.29 is 4.39 Å². The van der Waals surface area contributed by atoms with Gasteiger partial charge in [-0.15, -0.1) is 11.3 Å². The molecule has 0 amide bonds. The molecule has 0 atom stereocenters. The van der Waals surface area contributed by atoms with E-state index in [4.69, 9.17) is 11.6 Å². The normalized spacial score (nSPS) is 10.3. The van der Waals surface area contributed by atoms with Crippen LogP contribution in [0.25, 0.3) is 0 Å². The van der Waals surface area contributed by atoms with E-state index in [0.717, 1.165) is 0 Å². The smallest absolute Gasteiger partial charge is 0.188 e. The van der Waals surface area contributed by atoms with Crippen LogP contribution in [-0.4, -0.2) is 4.98 Å². The van der Waals surface area contributed by atoms with Crippen molar-refractivity contribution in [1.29, 1.82) is 0 Å². The van der Waals surface area contributed by atoms with Crippen molar-refractivity contribution in [2.24, 2.45) is 0 Å². The number of nitrogens with one attached hydrogen (secondary N) is 1. The summed E-state index contributed by atoms with van der Waals surface area (Å²) in [6, 6.07) is 4.75. The van der Waals surface area contributed by atoms with E-state index in [1.807, 2.05) is 0 Å². The van der Waals surface area contributed by atoms with Gasteiger partial charge in [-0.25, -0.2) is 9.37 Å². The van der Waals surface area contributed by atoms with E-state index in [9.17, 15) is 4.39 Å². The van der Waals surface area contributed by atoms with Gasteiger partial charge in [-0.2, -0.15) is 0 Å². The Hall–Kier alpha value is -0.650. The second kappa shape index (κ2) is 4.47. The van der Waals surface area contributed by atoms with Crippen LogP contribution in [0.4, 0.5) is 15.2 Å². The molecule has 0 saturated heterocycles. The van der Waals surface area contributed by atoms with E-state index in [1.165, 1.54) is 17.4 Å². The average Bonchev–Trinajstić information content (AvgIpc) is 2.58. The topological polar surface area (TPSA) is 24.9 Å². The van der Waals surface area contributed by atoms with Crippen LogP contribution in [0.1, 0.15) is 0 Å². The third-order valence-electron chi connectivity index (χ3n) is 1.67. The molecule has 1 N–H and O–H groups in total. The van der Waals surface area contributed by atoms with Crippen LogP contribution in [0, 0.1) is 5.82 Å². The summed E-state index contributed by atoms with van der Waals surface area (Å²) in [6.45, 7) is 0. The molecule has 0 saturated carbocycles. The SMILES string of the molecule is Fc1cccc(Br)c1Nc1nc(Cl)cs1. The number of thiazole rings is 1. The van der Waals surface area contributed by atoms with Gasteiger partial charge in [0.1, 0.15) is 11.0 Å². The van der Waals surface area contributed by atoms with Crippen LogP contribution in [0.15, 0.2) is 28.1 Å². The molecule has 0 spiro atoms. The maximum absolute atomic E-state index is 13.4. The summed E-state index contributed by atoms with van der Waals surface area (Å²) in [6.07, 6.45) is 0. The average molecular weight is 308 g/mol. The molecule has 0 radical (unpaired) electrons. The third-order valence-corrected chi connectivity index (χ3v) is 3.41. The molecule has 1 aromatic heterocycles. The standard InChI is InChI=1S/C9H5BrClFN2S/c10-5-2-1-3-6(12)8(5)14-9-13-7(11)4-15-9/h1-4H,(H,13,14). The summed E-state index contributed by atoms with van der Waals surface area (Å²) in [5, 5.41) is 5.50. The quantitative estimate of drug-likeness (QED) is 0.887.